The first-order valence-electron chi connectivity index (χ1n) is 6.85. The summed E-state index contributed by atoms with van der Waals surface area (Å²) >= 11 is 0. The number of ether oxygens (including phenoxy) is 1. The molecule has 7 heteroatoms. The van der Waals surface area contributed by atoms with Crippen molar-refractivity contribution in [2.24, 2.45) is 0 Å². The van der Waals surface area contributed by atoms with Crippen molar-refractivity contribution in [3.8, 4) is 6.01 Å². The second kappa shape index (κ2) is 6.51. The number of likely N-dealkylation sites (N-methyl/N-ethyl adjacent to an activating group) is 1. The van der Waals surface area contributed by atoms with Crippen LogP contribution in [0.25, 0.3) is 0 Å². The van der Waals surface area contributed by atoms with E-state index in [1.165, 1.54) is 19.4 Å². The van der Waals surface area contributed by atoms with Gasteiger partial charge in [-0.1, -0.05) is 6.92 Å². The normalized spacial score (nSPS) is 19.6. The van der Waals surface area contributed by atoms with Crippen LogP contribution in [0.2, 0.25) is 0 Å². The monoisotopic (exact) mass is 266 g/mol. The van der Waals surface area contributed by atoms with Crippen molar-refractivity contribution in [2.45, 2.75) is 32.7 Å². The molecule has 1 aliphatic heterocycles. The van der Waals surface area contributed by atoms with Crippen LogP contribution < -0.4 is 15.8 Å². The number of rotatable bonds is 6. The zero-order valence-corrected chi connectivity index (χ0v) is 11.6. The zero-order chi connectivity index (χ0) is 13.7. The van der Waals surface area contributed by atoms with Gasteiger partial charge in [0.05, 0.1) is 6.61 Å². The number of nitrogens with two attached hydrogens (primary N) is 1. The van der Waals surface area contributed by atoms with Crippen molar-refractivity contribution in [1.82, 2.24) is 19.9 Å². The maximum absolute atomic E-state index is 5.63. The second-order valence-corrected chi connectivity index (χ2v) is 4.54. The van der Waals surface area contributed by atoms with Crippen LogP contribution in [0, 0.1) is 0 Å². The molecular weight excluding hydrogens is 244 g/mol. The lowest BCUT2D eigenvalue weighted by atomic mass is 10.2. The maximum atomic E-state index is 5.63. The Labute approximate surface area is 113 Å². The molecule has 1 aromatic rings. The molecule has 0 spiro atoms. The predicted molar refractivity (Wildman–Crippen MR) is 74.2 cm³/mol. The van der Waals surface area contributed by atoms with E-state index in [0.717, 1.165) is 13.1 Å². The topological polar surface area (TPSA) is 89.2 Å². The largest absolute Gasteiger partial charge is 0.464 e. The van der Waals surface area contributed by atoms with Crippen LogP contribution in [0.5, 0.6) is 6.01 Å². The van der Waals surface area contributed by atoms with Crippen molar-refractivity contribution in [3.63, 3.8) is 0 Å². The standard InChI is InChI=1S/C12H22N6O/c1-3-18-7-5-6-9(18)8-14-11-15-10(13)16-12(17-11)19-4-2/h9H,3-8H2,1-2H3,(H3,13,14,15,16,17). The van der Waals surface area contributed by atoms with E-state index in [0.29, 0.717) is 18.6 Å². The fraction of sp³-hybridized carbons (Fsp3) is 0.750. The van der Waals surface area contributed by atoms with Crippen LogP contribution in [0.15, 0.2) is 0 Å². The van der Waals surface area contributed by atoms with E-state index in [-0.39, 0.29) is 12.0 Å². The Kier molecular flexibility index (Phi) is 4.73. The van der Waals surface area contributed by atoms with E-state index < -0.39 is 0 Å². The molecule has 0 saturated carbocycles. The Balaban J connectivity index is 1.95. The molecule has 2 rings (SSSR count). The van der Waals surface area contributed by atoms with Crippen molar-refractivity contribution in [2.75, 3.05) is 37.3 Å². The molecular formula is C12H22N6O. The quantitative estimate of drug-likeness (QED) is 0.785. The molecule has 19 heavy (non-hydrogen) atoms. The zero-order valence-electron chi connectivity index (χ0n) is 11.6. The minimum atomic E-state index is 0.180. The van der Waals surface area contributed by atoms with Crippen LogP contribution in [0.4, 0.5) is 11.9 Å². The third-order valence-electron chi connectivity index (χ3n) is 3.31. The highest BCUT2D eigenvalue weighted by Crippen LogP contribution is 2.17. The molecule has 106 valence electrons. The lowest BCUT2D eigenvalue weighted by Gasteiger charge is -2.22. The number of hydrogen-bond acceptors (Lipinski definition) is 7. The molecule has 0 amide bonds. The molecule has 1 atom stereocenters. The Bertz CT molecular complexity index is 413. The lowest BCUT2D eigenvalue weighted by molar-refractivity contribution is 0.276. The molecule has 2 heterocycles. The number of likely N-dealkylation sites (tertiary alicyclic amines) is 1. The Morgan fingerprint density at radius 1 is 1.37 bits per heavy atom. The number of nitrogen functional groups attached to an aromatic ring is 1. The van der Waals surface area contributed by atoms with E-state index in [9.17, 15) is 0 Å². The summed E-state index contributed by atoms with van der Waals surface area (Å²) in [7, 11) is 0. The van der Waals surface area contributed by atoms with Gasteiger partial charge >= 0.3 is 6.01 Å². The fourth-order valence-electron chi connectivity index (χ4n) is 2.40. The molecule has 3 N–H and O–H groups in total. The van der Waals surface area contributed by atoms with E-state index >= 15 is 0 Å². The summed E-state index contributed by atoms with van der Waals surface area (Å²) in [5, 5.41) is 3.23. The summed E-state index contributed by atoms with van der Waals surface area (Å²) < 4.78 is 5.25. The summed E-state index contributed by atoms with van der Waals surface area (Å²) in [5.41, 5.74) is 5.63. The van der Waals surface area contributed by atoms with Gasteiger partial charge < -0.3 is 15.8 Å². The molecule has 1 unspecified atom stereocenters. The molecule has 1 saturated heterocycles. The van der Waals surface area contributed by atoms with E-state index in [4.69, 9.17) is 10.5 Å². The molecule has 0 bridgehead atoms. The lowest BCUT2D eigenvalue weighted by Crippen LogP contribution is -2.35. The van der Waals surface area contributed by atoms with E-state index in [1.807, 2.05) is 6.92 Å². The molecule has 0 aliphatic carbocycles. The van der Waals surface area contributed by atoms with Gasteiger partial charge in [0.1, 0.15) is 0 Å². The number of aromatic nitrogens is 3. The molecule has 0 aromatic carbocycles. The summed E-state index contributed by atoms with van der Waals surface area (Å²) in [6, 6.07) is 0.815. The summed E-state index contributed by atoms with van der Waals surface area (Å²) in [5.74, 6) is 0.665. The van der Waals surface area contributed by atoms with Crippen LogP contribution in [-0.4, -0.2) is 52.1 Å². The highest BCUT2D eigenvalue weighted by atomic mass is 16.5. The predicted octanol–water partition coefficient (Wildman–Crippen LogP) is 0.749. The first-order valence-corrected chi connectivity index (χ1v) is 6.85. The highest BCUT2D eigenvalue weighted by molar-refractivity contribution is 5.32. The van der Waals surface area contributed by atoms with Gasteiger partial charge in [-0.3, -0.25) is 4.90 Å². The first kappa shape index (κ1) is 13.8. The summed E-state index contributed by atoms with van der Waals surface area (Å²) in [4.78, 5) is 14.6. The summed E-state index contributed by atoms with van der Waals surface area (Å²) in [6.07, 6.45) is 2.46. The van der Waals surface area contributed by atoms with E-state index in [1.54, 1.807) is 0 Å². The van der Waals surface area contributed by atoms with Crippen LogP contribution in [-0.2, 0) is 0 Å². The van der Waals surface area contributed by atoms with E-state index in [2.05, 4.69) is 32.1 Å². The molecule has 1 fully saturated rings. The first-order chi connectivity index (χ1) is 9.22. The van der Waals surface area contributed by atoms with Crippen LogP contribution in [0.1, 0.15) is 26.7 Å². The molecule has 1 aromatic heterocycles. The highest BCUT2D eigenvalue weighted by Gasteiger charge is 2.22. The van der Waals surface area contributed by atoms with Gasteiger partial charge in [0.2, 0.25) is 11.9 Å². The van der Waals surface area contributed by atoms with Crippen LogP contribution >= 0.6 is 0 Å². The van der Waals surface area contributed by atoms with Gasteiger partial charge in [0.15, 0.2) is 0 Å². The Morgan fingerprint density at radius 3 is 2.95 bits per heavy atom. The Hall–Kier alpha value is -1.63. The van der Waals surface area contributed by atoms with Crippen molar-refractivity contribution in [1.29, 1.82) is 0 Å². The van der Waals surface area contributed by atoms with Gasteiger partial charge in [-0.05, 0) is 32.9 Å². The van der Waals surface area contributed by atoms with Gasteiger partial charge in [-0.15, -0.1) is 0 Å². The van der Waals surface area contributed by atoms with Gasteiger partial charge in [-0.2, -0.15) is 15.0 Å². The van der Waals surface area contributed by atoms with Gasteiger partial charge in [0, 0.05) is 12.6 Å². The summed E-state index contributed by atoms with van der Waals surface area (Å²) in [6.45, 7) is 7.65. The van der Waals surface area contributed by atoms with Gasteiger partial charge in [0.25, 0.3) is 0 Å². The van der Waals surface area contributed by atoms with Crippen LogP contribution in [0.3, 0.4) is 0 Å². The smallest absolute Gasteiger partial charge is 0.323 e. The van der Waals surface area contributed by atoms with Crippen molar-refractivity contribution >= 4 is 11.9 Å². The third-order valence-corrected chi connectivity index (χ3v) is 3.31. The second-order valence-electron chi connectivity index (χ2n) is 4.54. The number of nitrogens with one attached hydrogen (secondary N) is 1. The average Bonchev–Trinajstić information content (AvgIpc) is 2.83. The van der Waals surface area contributed by atoms with Gasteiger partial charge in [-0.25, -0.2) is 0 Å². The van der Waals surface area contributed by atoms with Crippen molar-refractivity contribution < 1.29 is 4.74 Å². The molecule has 1 aliphatic rings. The average molecular weight is 266 g/mol. The number of nitrogens with zero attached hydrogens (tertiary/aromatic N) is 4. The SMILES string of the molecule is CCOc1nc(N)nc(NCC2CCCN2CC)n1. The molecule has 7 nitrogen and oxygen atoms in total. The number of anilines is 2. The Morgan fingerprint density at radius 2 is 2.21 bits per heavy atom. The minimum absolute atomic E-state index is 0.180. The fourth-order valence-corrected chi connectivity index (χ4v) is 2.40. The minimum Gasteiger partial charge on any atom is -0.464 e. The maximum Gasteiger partial charge on any atom is 0.323 e. The molecule has 0 radical (unpaired) electrons. The number of hydrogen-bond donors (Lipinski definition) is 2. The van der Waals surface area contributed by atoms with Crippen molar-refractivity contribution in [3.05, 3.63) is 0 Å². The third kappa shape index (κ3) is 3.66.